The number of ether oxygens (including phenoxy) is 1. The van der Waals surface area contributed by atoms with Crippen LogP contribution in [-0.4, -0.2) is 16.5 Å². The van der Waals surface area contributed by atoms with E-state index in [1.54, 1.807) is 0 Å². The fraction of sp³-hybridized carbons (Fsp3) is 0.400. The summed E-state index contributed by atoms with van der Waals surface area (Å²) in [7, 11) is 0. The van der Waals surface area contributed by atoms with Crippen LogP contribution < -0.4 is 4.74 Å². The Morgan fingerprint density at radius 3 is 2.69 bits per heavy atom. The minimum atomic E-state index is -4.41. The fourth-order valence-corrected chi connectivity index (χ4v) is 1.96. The smallest absolute Gasteiger partial charge is 0.416 e. The van der Waals surface area contributed by atoms with Gasteiger partial charge in [0, 0.05) is 5.56 Å². The molecule has 1 heterocycles. The SMILES string of the molecule is OC1c2cc(C(F)(F)F)ccc2OCC1Br. The standard InChI is InChI=1S/C10H8BrF3O2/c11-7-4-16-8-2-1-5(10(12,13)14)3-6(8)9(7)15/h1-3,7,9,15H,4H2. The van der Waals surface area contributed by atoms with Crippen molar-refractivity contribution in [1.82, 2.24) is 0 Å². The molecule has 0 saturated carbocycles. The van der Waals surface area contributed by atoms with Crippen LogP contribution in [0.4, 0.5) is 13.2 Å². The number of hydrogen-bond acceptors (Lipinski definition) is 2. The zero-order chi connectivity index (χ0) is 11.9. The third-order valence-electron chi connectivity index (χ3n) is 2.40. The quantitative estimate of drug-likeness (QED) is 0.746. The zero-order valence-corrected chi connectivity index (χ0v) is 9.55. The van der Waals surface area contributed by atoms with Crippen LogP contribution in [0.5, 0.6) is 5.75 Å². The second-order valence-electron chi connectivity index (χ2n) is 3.52. The van der Waals surface area contributed by atoms with Gasteiger partial charge in [0.25, 0.3) is 0 Å². The normalized spacial score (nSPS) is 24.8. The van der Waals surface area contributed by atoms with Crippen molar-refractivity contribution in [3.63, 3.8) is 0 Å². The van der Waals surface area contributed by atoms with Gasteiger partial charge in [-0.1, -0.05) is 15.9 Å². The average molecular weight is 297 g/mol. The van der Waals surface area contributed by atoms with Crippen LogP contribution in [0.15, 0.2) is 18.2 Å². The van der Waals surface area contributed by atoms with Gasteiger partial charge in [-0.25, -0.2) is 0 Å². The van der Waals surface area contributed by atoms with Crippen LogP contribution in [0.1, 0.15) is 17.2 Å². The van der Waals surface area contributed by atoms with Crippen molar-refractivity contribution in [3.05, 3.63) is 29.3 Å². The van der Waals surface area contributed by atoms with Gasteiger partial charge in [-0.15, -0.1) is 0 Å². The van der Waals surface area contributed by atoms with Gasteiger partial charge in [-0.3, -0.25) is 0 Å². The summed E-state index contributed by atoms with van der Waals surface area (Å²) < 4.78 is 42.5. The Kier molecular flexibility index (Phi) is 2.88. The molecule has 0 fully saturated rings. The lowest BCUT2D eigenvalue weighted by atomic mass is 10.0. The number of halogens is 4. The van der Waals surface area contributed by atoms with E-state index in [4.69, 9.17) is 4.74 Å². The van der Waals surface area contributed by atoms with E-state index in [2.05, 4.69) is 15.9 Å². The lowest BCUT2D eigenvalue weighted by Crippen LogP contribution is -2.26. The lowest BCUT2D eigenvalue weighted by molar-refractivity contribution is -0.137. The summed E-state index contributed by atoms with van der Waals surface area (Å²) in [6, 6.07) is 3.10. The summed E-state index contributed by atoms with van der Waals surface area (Å²) in [5.74, 6) is 0.302. The highest BCUT2D eigenvalue weighted by Gasteiger charge is 2.34. The fourth-order valence-electron chi connectivity index (χ4n) is 1.54. The Bertz CT molecular complexity index is 406. The second-order valence-corrected chi connectivity index (χ2v) is 4.70. The molecule has 0 saturated heterocycles. The van der Waals surface area contributed by atoms with E-state index in [1.165, 1.54) is 6.07 Å². The van der Waals surface area contributed by atoms with Crippen molar-refractivity contribution in [2.24, 2.45) is 0 Å². The van der Waals surface area contributed by atoms with Gasteiger partial charge in [0.15, 0.2) is 0 Å². The van der Waals surface area contributed by atoms with Crippen LogP contribution >= 0.6 is 15.9 Å². The van der Waals surface area contributed by atoms with E-state index in [1.807, 2.05) is 0 Å². The van der Waals surface area contributed by atoms with Crippen molar-refractivity contribution in [2.75, 3.05) is 6.61 Å². The van der Waals surface area contributed by atoms with Crippen LogP contribution in [-0.2, 0) is 6.18 Å². The van der Waals surface area contributed by atoms with Gasteiger partial charge >= 0.3 is 6.18 Å². The summed E-state index contributed by atoms with van der Waals surface area (Å²) in [6.45, 7) is 0.236. The van der Waals surface area contributed by atoms with E-state index < -0.39 is 17.8 Å². The van der Waals surface area contributed by atoms with Crippen LogP contribution in [0, 0.1) is 0 Å². The minimum absolute atomic E-state index is 0.169. The summed E-state index contributed by atoms with van der Waals surface area (Å²) in [5, 5.41) is 9.73. The van der Waals surface area contributed by atoms with E-state index in [9.17, 15) is 18.3 Å². The number of alkyl halides is 4. The second kappa shape index (κ2) is 3.92. The first-order chi connectivity index (χ1) is 7.39. The molecular weight excluding hydrogens is 289 g/mol. The van der Waals surface area contributed by atoms with E-state index in [0.29, 0.717) is 5.75 Å². The predicted octanol–water partition coefficient (Wildman–Crippen LogP) is 2.89. The highest BCUT2D eigenvalue weighted by molar-refractivity contribution is 9.09. The topological polar surface area (TPSA) is 29.5 Å². The van der Waals surface area contributed by atoms with Gasteiger partial charge in [0.05, 0.1) is 16.5 Å². The molecule has 0 spiro atoms. The third-order valence-corrected chi connectivity index (χ3v) is 3.16. The molecule has 6 heteroatoms. The predicted molar refractivity (Wildman–Crippen MR) is 54.6 cm³/mol. The molecule has 1 aliphatic heterocycles. The van der Waals surface area contributed by atoms with Crippen molar-refractivity contribution < 1.29 is 23.0 Å². The Hall–Kier alpha value is -0.750. The Labute approximate surface area is 98.2 Å². The van der Waals surface area contributed by atoms with Crippen molar-refractivity contribution in [1.29, 1.82) is 0 Å². The number of rotatable bonds is 0. The largest absolute Gasteiger partial charge is 0.492 e. The van der Waals surface area contributed by atoms with Gasteiger partial charge in [0.2, 0.25) is 0 Å². The molecule has 16 heavy (non-hydrogen) atoms. The molecule has 0 bridgehead atoms. The first-order valence-electron chi connectivity index (χ1n) is 4.55. The summed E-state index contributed by atoms with van der Waals surface area (Å²) in [5.41, 5.74) is -0.613. The maximum absolute atomic E-state index is 12.4. The third kappa shape index (κ3) is 2.04. The number of benzene rings is 1. The molecule has 2 rings (SSSR count). The monoisotopic (exact) mass is 296 g/mol. The van der Waals surface area contributed by atoms with Crippen molar-refractivity contribution in [3.8, 4) is 5.75 Å². The first kappa shape index (κ1) is 11.7. The highest BCUT2D eigenvalue weighted by Crippen LogP contribution is 2.39. The van der Waals surface area contributed by atoms with Gasteiger partial charge in [0.1, 0.15) is 12.4 Å². The average Bonchev–Trinajstić information content (AvgIpc) is 2.22. The Balaban J connectivity index is 2.45. The lowest BCUT2D eigenvalue weighted by Gasteiger charge is -2.27. The number of hydrogen-bond donors (Lipinski definition) is 1. The molecule has 2 unspecified atom stereocenters. The number of aliphatic hydroxyl groups is 1. The van der Waals surface area contributed by atoms with E-state index in [-0.39, 0.29) is 17.0 Å². The van der Waals surface area contributed by atoms with Crippen molar-refractivity contribution >= 4 is 15.9 Å². The molecule has 1 aromatic carbocycles. The van der Waals surface area contributed by atoms with Gasteiger partial charge < -0.3 is 9.84 Å². The molecule has 0 radical (unpaired) electrons. The molecule has 1 aliphatic rings. The summed E-state index contributed by atoms with van der Waals surface area (Å²) in [6.07, 6.45) is -5.39. The van der Waals surface area contributed by atoms with Crippen LogP contribution in [0.3, 0.4) is 0 Å². The maximum atomic E-state index is 12.4. The number of aliphatic hydroxyl groups excluding tert-OH is 1. The highest BCUT2D eigenvalue weighted by atomic mass is 79.9. The van der Waals surface area contributed by atoms with E-state index in [0.717, 1.165) is 12.1 Å². The molecule has 1 N–H and O–H groups in total. The summed E-state index contributed by atoms with van der Waals surface area (Å²) in [4.78, 5) is -0.386. The zero-order valence-electron chi connectivity index (χ0n) is 7.96. The van der Waals surface area contributed by atoms with E-state index >= 15 is 0 Å². The molecule has 0 aromatic heterocycles. The summed E-state index contributed by atoms with van der Waals surface area (Å²) >= 11 is 3.14. The molecule has 0 amide bonds. The number of fused-ring (bicyclic) bond motifs is 1. The van der Waals surface area contributed by atoms with Crippen molar-refractivity contribution in [2.45, 2.75) is 17.1 Å². The Morgan fingerprint density at radius 1 is 1.38 bits per heavy atom. The molecule has 2 nitrogen and oxygen atoms in total. The van der Waals surface area contributed by atoms with Crippen LogP contribution in [0.2, 0.25) is 0 Å². The molecule has 1 aromatic rings. The maximum Gasteiger partial charge on any atom is 0.416 e. The molecule has 88 valence electrons. The van der Waals surface area contributed by atoms with Gasteiger partial charge in [-0.2, -0.15) is 13.2 Å². The molecule has 0 aliphatic carbocycles. The van der Waals surface area contributed by atoms with Gasteiger partial charge in [-0.05, 0) is 18.2 Å². The van der Waals surface area contributed by atoms with Crippen LogP contribution in [0.25, 0.3) is 0 Å². The molecule has 2 atom stereocenters. The molecular formula is C10H8BrF3O2. The Morgan fingerprint density at radius 2 is 2.06 bits per heavy atom. The minimum Gasteiger partial charge on any atom is -0.492 e. The first-order valence-corrected chi connectivity index (χ1v) is 5.47.